The second kappa shape index (κ2) is 7.02. The van der Waals surface area contributed by atoms with Crippen molar-refractivity contribution in [1.29, 1.82) is 0 Å². The molecule has 0 heterocycles. The lowest BCUT2D eigenvalue weighted by molar-refractivity contribution is 0.0784. The summed E-state index contributed by atoms with van der Waals surface area (Å²) >= 11 is 0. The molecule has 2 aromatic rings. The first-order valence-corrected chi connectivity index (χ1v) is 6.93. The summed E-state index contributed by atoms with van der Waals surface area (Å²) in [6.07, 6.45) is 0. The van der Waals surface area contributed by atoms with Gasteiger partial charge in [-0.15, -0.1) is 0 Å². The number of nitrogens with zero attached hydrogens (tertiary/aromatic N) is 1. The molecule has 2 aromatic carbocycles. The Bertz CT molecular complexity index is 656. The van der Waals surface area contributed by atoms with Gasteiger partial charge in [0.25, 0.3) is 5.91 Å². The minimum atomic E-state index is -0.661. The second-order valence-electron chi connectivity index (χ2n) is 4.85. The van der Waals surface area contributed by atoms with E-state index >= 15 is 0 Å². The Labute approximate surface area is 128 Å². The van der Waals surface area contributed by atoms with E-state index in [0.717, 1.165) is 6.07 Å². The van der Waals surface area contributed by atoms with Gasteiger partial charge in [0.15, 0.2) is 0 Å². The van der Waals surface area contributed by atoms with Gasteiger partial charge in [-0.2, -0.15) is 0 Å². The summed E-state index contributed by atoms with van der Waals surface area (Å²) in [6.45, 7) is 2.50. The Kier molecular flexibility index (Phi) is 5.09. The van der Waals surface area contributed by atoms with Crippen LogP contribution < -0.4 is 4.74 Å². The Morgan fingerprint density at radius 1 is 1.14 bits per heavy atom. The normalized spacial score (nSPS) is 10.4. The quantitative estimate of drug-likeness (QED) is 0.844. The molecule has 0 N–H and O–H groups in total. The van der Waals surface area contributed by atoms with Crippen molar-refractivity contribution >= 4 is 5.91 Å². The van der Waals surface area contributed by atoms with Crippen molar-refractivity contribution in [3.63, 3.8) is 0 Å². The standard InChI is InChI=1S/C17H17F2NO2/c1-3-22-15-8-5-12(6-9-15)17(21)20(2)11-13-4-7-14(18)10-16(13)19/h4-10H,3,11H2,1-2H3. The number of amides is 1. The zero-order valence-corrected chi connectivity index (χ0v) is 12.5. The number of ether oxygens (including phenoxy) is 1. The molecular weight excluding hydrogens is 288 g/mol. The summed E-state index contributed by atoms with van der Waals surface area (Å²) < 4.78 is 31.8. The molecule has 0 unspecified atom stereocenters. The van der Waals surface area contributed by atoms with Gasteiger partial charge in [-0.05, 0) is 37.3 Å². The fourth-order valence-corrected chi connectivity index (χ4v) is 2.06. The molecule has 0 aliphatic carbocycles. The molecule has 0 fully saturated rings. The molecule has 0 saturated heterocycles. The van der Waals surface area contributed by atoms with Crippen LogP contribution in [0.3, 0.4) is 0 Å². The highest BCUT2D eigenvalue weighted by Gasteiger charge is 2.14. The fourth-order valence-electron chi connectivity index (χ4n) is 2.06. The Morgan fingerprint density at radius 2 is 1.82 bits per heavy atom. The average Bonchev–Trinajstić information content (AvgIpc) is 2.50. The van der Waals surface area contributed by atoms with Crippen molar-refractivity contribution in [1.82, 2.24) is 4.90 Å². The number of hydrogen-bond donors (Lipinski definition) is 0. The van der Waals surface area contributed by atoms with Crippen molar-refractivity contribution in [2.75, 3.05) is 13.7 Å². The van der Waals surface area contributed by atoms with Crippen LogP contribution in [-0.4, -0.2) is 24.5 Å². The number of carbonyl (C=O) groups excluding carboxylic acids is 1. The van der Waals surface area contributed by atoms with E-state index in [1.165, 1.54) is 17.0 Å². The lowest BCUT2D eigenvalue weighted by atomic mass is 10.1. The van der Waals surface area contributed by atoms with Crippen LogP contribution >= 0.6 is 0 Å². The molecule has 0 atom stereocenters. The molecule has 0 aliphatic heterocycles. The van der Waals surface area contributed by atoms with Crippen LogP contribution in [0.5, 0.6) is 5.75 Å². The van der Waals surface area contributed by atoms with E-state index in [0.29, 0.717) is 17.9 Å². The van der Waals surface area contributed by atoms with E-state index in [1.54, 1.807) is 31.3 Å². The largest absolute Gasteiger partial charge is 0.494 e. The molecule has 1 amide bonds. The van der Waals surface area contributed by atoms with Crippen LogP contribution in [0, 0.1) is 11.6 Å². The maximum Gasteiger partial charge on any atom is 0.253 e. The van der Waals surface area contributed by atoms with E-state index in [-0.39, 0.29) is 18.0 Å². The molecule has 5 heteroatoms. The molecule has 2 rings (SSSR count). The maximum atomic E-state index is 13.6. The van der Waals surface area contributed by atoms with Gasteiger partial charge in [0.05, 0.1) is 6.61 Å². The molecule has 0 bridgehead atoms. The lowest BCUT2D eigenvalue weighted by Crippen LogP contribution is -2.26. The summed E-state index contributed by atoms with van der Waals surface area (Å²) in [5, 5.41) is 0. The van der Waals surface area contributed by atoms with Crippen molar-refractivity contribution in [3.05, 3.63) is 65.2 Å². The Morgan fingerprint density at radius 3 is 2.41 bits per heavy atom. The average molecular weight is 305 g/mol. The van der Waals surface area contributed by atoms with Crippen LogP contribution in [0.2, 0.25) is 0 Å². The summed E-state index contributed by atoms with van der Waals surface area (Å²) in [5.41, 5.74) is 0.747. The highest BCUT2D eigenvalue weighted by molar-refractivity contribution is 5.94. The van der Waals surface area contributed by atoms with E-state index in [1.807, 2.05) is 6.92 Å². The number of halogens is 2. The first kappa shape index (κ1) is 15.9. The number of benzene rings is 2. The predicted octanol–water partition coefficient (Wildman–Crippen LogP) is 3.64. The molecule has 0 spiro atoms. The first-order valence-electron chi connectivity index (χ1n) is 6.93. The molecule has 0 radical (unpaired) electrons. The third kappa shape index (κ3) is 3.81. The van der Waals surface area contributed by atoms with E-state index in [9.17, 15) is 13.6 Å². The maximum absolute atomic E-state index is 13.6. The predicted molar refractivity (Wildman–Crippen MR) is 79.8 cm³/mol. The first-order chi connectivity index (χ1) is 10.5. The molecule has 0 aromatic heterocycles. The third-order valence-corrected chi connectivity index (χ3v) is 3.18. The minimum Gasteiger partial charge on any atom is -0.494 e. The summed E-state index contributed by atoms with van der Waals surface area (Å²) in [7, 11) is 1.57. The minimum absolute atomic E-state index is 0.0676. The number of rotatable bonds is 5. The molecule has 22 heavy (non-hydrogen) atoms. The highest BCUT2D eigenvalue weighted by Crippen LogP contribution is 2.16. The summed E-state index contributed by atoms with van der Waals surface area (Å²) in [4.78, 5) is 13.7. The van der Waals surface area contributed by atoms with Gasteiger partial charge in [0, 0.05) is 30.8 Å². The van der Waals surface area contributed by atoms with Crippen LogP contribution in [0.25, 0.3) is 0 Å². The molecular formula is C17H17F2NO2. The second-order valence-corrected chi connectivity index (χ2v) is 4.85. The summed E-state index contributed by atoms with van der Waals surface area (Å²) in [5.74, 6) is -0.855. The van der Waals surface area contributed by atoms with Crippen molar-refractivity contribution < 1.29 is 18.3 Å². The third-order valence-electron chi connectivity index (χ3n) is 3.18. The molecule has 3 nitrogen and oxygen atoms in total. The van der Waals surface area contributed by atoms with Crippen molar-refractivity contribution in [3.8, 4) is 5.75 Å². The topological polar surface area (TPSA) is 29.5 Å². The van der Waals surface area contributed by atoms with E-state index in [4.69, 9.17) is 4.74 Å². The van der Waals surface area contributed by atoms with Crippen LogP contribution in [0.1, 0.15) is 22.8 Å². The van der Waals surface area contributed by atoms with Gasteiger partial charge in [-0.1, -0.05) is 6.07 Å². The Balaban J connectivity index is 2.08. The molecule has 0 aliphatic rings. The Hall–Kier alpha value is -2.43. The monoisotopic (exact) mass is 305 g/mol. The van der Waals surface area contributed by atoms with Crippen molar-refractivity contribution in [2.45, 2.75) is 13.5 Å². The fraction of sp³-hybridized carbons (Fsp3) is 0.235. The number of hydrogen-bond acceptors (Lipinski definition) is 2. The van der Waals surface area contributed by atoms with Gasteiger partial charge >= 0.3 is 0 Å². The van der Waals surface area contributed by atoms with Crippen LogP contribution in [0.4, 0.5) is 8.78 Å². The zero-order valence-electron chi connectivity index (χ0n) is 12.5. The SMILES string of the molecule is CCOc1ccc(C(=O)N(C)Cc2ccc(F)cc2F)cc1. The van der Waals surface area contributed by atoms with Gasteiger partial charge in [0.1, 0.15) is 17.4 Å². The number of carbonyl (C=O) groups is 1. The van der Waals surface area contributed by atoms with Gasteiger partial charge in [-0.3, -0.25) is 4.79 Å². The molecule has 0 saturated carbocycles. The smallest absolute Gasteiger partial charge is 0.253 e. The van der Waals surface area contributed by atoms with Gasteiger partial charge in [-0.25, -0.2) is 8.78 Å². The van der Waals surface area contributed by atoms with Gasteiger partial charge in [0.2, 0.25) is 0 Å². The van der Waals surface area contributed by atoms with Crippen molar-refractivity contribution in [2.24, 2.45) is 0 Å². The van der Waals surface area contributed by atoms with Gasteiger partial charge < -0.3 is 9.64 Å². The zero-order chi connectivity index (χ0) is 16.1. The molecule has 116 valence electrons. The lowest BCUT2D eigenvalue weighted by Gasteiger charge is -2.18. The van der Waals surface area contributed by atoms with Crippen LogP contribution in [0.15, 0.2) is 42.5 Å². The summed E-state index contributed by atoms with van der Waals surface area (Å²) in [6, 6.07) is 10.1. The van der Waals surface area contributed by atoms with Crippen LogP contribution in [-0.2, 0) is 6.54 Å². The van der Waals surface area contributed by atoms with E-state index < -0.39 is 11.6 Å². The van der Waals surface area contributed by atoms with E-state index in [2.05, 4.69) is 0 Å². The highest BCUT2D eigenvalue weighted by atomic mass is 19.1.